The number of sulfone groups is 1. The Labute approximate surface area is 108 Å². The van der Waals surface area contributed by atoms with Crippen LogP contribution in [-0.4, -0.2) is 33.1 Å². The molecular weight excluding hydrogens is 252 g/mol. The van der Waals surface area contributed by atoms with Crippen molar-refractivity contribution in [2.24, 2.45) is 0 Å². The summed E-state index contributed by atoms with van der Waals surface area (Å²) in [6.07, 6.45) is 1.23. The number of rotatable bonds is 5. The van der Waals surface area contributed by atoms with Crippen LogP contribution in [0, 0.1) is 0 Å². The number of nitrogens with one attached hydrogen (secondary N) is 1. The normalized spacial score (nSPS) is 12.2. The van der Waals surface area contributed by atoms with Crippen molar-refractivity contribution in [2.45, 2.75) is 18.6 Å². The molecule has 18 heavy (non-hydrogen) atoms. The number of anilines is 2. The highest BCUT2D eigenvalue weighted by Gasteiger charge is 2.29. The molecule has 0 aromatic heterocycles. The number of hydrogen-bond acceptors (Lipinski definition) is 5. The van der Waals surface area contributed by atoms with Crippen molar-refractivity contribution in [1.82, 2.24) is 0 Å². The lowest BCUT2D eigenvalue weighted by molar-refractivity contribution is 0.415. The standard InChI is InChI=1S/C12H20N2O3S/c1-12(2,18(4,15)16)8-14-11-6-5-9(17-3)7-10(11)13/h5-7,14H,8,13H2,1-4H3. The van der Waals surface area contributed by atoms with E-state index in [4.69, 9.17) is 10.5 Å². The number of benzene rings is 1. The van der Waals surface area contributed by atoms with Gasteiger partial charge in [-0.2, -0.15) is 0 Å². The highest BCUT2D eigenvalue weighted by atomic mass is 32.2. The van der Waals surface area contributed by atoms with Crippen molar-refractivity contribution in [3.63, 3.8) is 0 Å². The summed E-state index contributed by atoms with van der Waals surface area (Å²) in [6, 6.07) is 5.23. The third-order valence-electron chi connectivity index (χ3n) is 2.97. The van der Waals surface area contributed by atoms with Crippen molar-refractivity contribution in [3.8, 4) is 5.75 Å². The second-order valence-electron chi connectivity index (χ2n) is 4.84. The van der Waals surface area contributed by atoms with Crippen LogP contribution in [-0.2, 0) is 9.84 Å². The lowest BCUT2D eigenvalue weighted by atomic mass is 10.2. The van der Waals surface area contributed by atoms with Crippen LogP contribution in [0.2, 0.25) is 0 Å². The predicted octanol–water partition coefficient (Wildman–Crippen LogP) is 1.51. The van der Waals surface area contributed by atoms with E-state index in [0.717, 1.165) is 0 Å². The first-order chi connectivity index (χ1) is 8.17. The van der Waals surface area contributed by atoms with Crippen LogP contribution in [0.3, 0.4) is 0 Å². The molecule has 0 aliphatic rings. The molecule has 0 saturated carbocycles. The first kappa shape index (κ1) is 14.6. The van der Waals surface area contributed by atoms with E-state index in [2.05, 4.69) is 5.32 Å². The molecule has 0 bridgehead atoms. The Hall–Kier alpha value is -1.43. The summed E-state index contributed by atoms with van der Waals surface area (Å²) in [7, 11) is -1.56. The number of hydrogen-bond donors (Lipinski definition) is 2. The van der Waals surface area contributed by atoms with Crippen LogP contribution in [0.5, 0.6) is 5.75 Å². The van der Waals surface area contributed by atoms with E-state index in [0.29, 0.717) is 23.7 Å². The second-order valence-corrected chi connectivity index (χ2v) is 7.49. The molecule has 0 saturated heterocycles. The second kappa shape index (κ2) is 5.06. The lowest BCUT2D eigenvalue weighted by Gasteiger charge is -2.24. The van der Waals surface area contributed by atoms with Crippen LogP contribution in [0.1, 0.15) is 13.8 Å². The minimum atomic E-state index is -3.13. The zero-order chi connectivity index (χ0) is 14.0. The first-order valence-corrected chi connectivity index (χ1v) is 7.43. The SMILES string of the molecule is COc1ccc(NCC(C)(C)S(C)(=O)=O)c(N)c1. The summed E-state index contributed by atoms with van der Waals surface area (Å²) in [5, 5.41) is 3.05. The van der Waals surface area contributed by atoms with Gasteiger partial charge in [-0.25, -0.2) is 8.42 Å². The molecule has 1 aromatic rings. The van der Waals surface area contributed by atoms with Crippen LogP contribution >= 0.6 is 0 Å². The van der Waals surface area contributed by atoms with Crippen LogP contribution in [0.4, 0.5) is 11.4 Å². The maximum Gasteiger partial charge on any atom is 0.154 e. The minimum absolute atomic E-state index is 0.294. The largest absolute Gasteiger partial charge is 0.497 e. The zero-order valence-corrected chi connectivity index (χ0v) is 12.0. The summed E-state index contributed by atoms with van der Waals surface area (Å²) in [5.41, 5.74) is 7.07. The van der Waals surface area contributed by atoms with Gasteiger partial charge in [0.2, 0.25) is 0 Å². The monoisotopic (exact) mass is 272 g/mol. The van der Waals surface area contributed by atoms with Gasteiger partial charge in [0.15, 0.2) is 9.84 Å². The molecule has 0 spiro atoms. The van der Waals surface area contributed by atoms with Gasteiger partial charge in [-0.15, -0.1) is 0 Å². The van der Waals surface area contributed by atoms with E-state index >= 15 is 0 Å². The van der Waals surface area contributed by atoms with Gasteiger partial charge in [-0.1, -0.05) is 0 Å². The highest BCUT2D eigenvalue weighted by Crippen LogP contribution is 2.25. The van der Waals surface area contributed by atoms with E-state index in [-0.39, 0.29) is 0 Å². The highest BCUT2D eigenvalue weighted by molar-refractivity contribution is 7.92. The van der Waals surface area contributed by atoms with Gasteiger partial charge in [0, 0.05) is 18.9 Å². The lowest BCUT2D eigenvalue weighted by Crippen LogP contribution is -2.38. The molecule has 0 radical (unpaired) electrons. The maximum absolute atomic E-state index is 11.6. The fourth-order valence-corrected chi connectivity index (χ4v) is 1.60. The number of nitrogens with two attached hydrogens (primary N) is 1. The van der Waals surface area contributed by atoms with Gasteiger partial charge in [0.05, 0.1) is 23.2 Å². The van der Waals surface area contributed by atoms with Crippen molar-refractivity contribution in [3.05, 3.63) is 18.2 Å². The predicted molar refractivity (Wildman–Crippen MR) is 74.8 cm³/mol. The molecule has 0 atom stereocenters. The summed E-state index contributed by atoms with van der Waals surface area (Å²) in [5.74, 6) is 0.667. The summed E-state index contributed by atoms with van der Waals surface area (Å²) < 4.78 is 27.3. The van der Waals surface area contributed by atoms with Crippen LogP contribution < -0.4 is 15.8 Å². The van der Waals surface area contributed by atoms with Crippen molar-refractivity contribution >= 4 is 21.2 Å². The van der Waals surface area contributed by atoms with Gasteiger partial charge in [-0.05, 0) is 26.0 Å². The third-order valence-corrected chi connectivity index (χ3v) is 5.12. The summed E-state index contributed by atoms with van der Waals surface area (Å²) in [6.45, 7) is 3.65. The fourth-order valence-electron chi connectivity index (χ4n) is 1.27. The molecule has 0 heterocycles. The van der Waals surface area contributed by atoms with Gasteiger partial charge < -0.3 is 15.8 Å². The first-order valence-electron chi connectivity index (χ1n) is 5.54. The Morgan fingerprint density at radius 3 is 2.44 bits per heavy atom. The number of ether oxygens (including phenoxy) is 1. The van der Waals surface area contributed by atoms with E-state index < -0.39 is 14.6 Å². The zero-order valence-electron chi connectivity index (χ0n) is 11.1. The minimum Gasteiger partial charge on any atom is -0.497 e. The third kappa shape index (κ3) is 3.29. The Morgan fingerprint density at radius 2 is 2.00 bits per heavy atom. The molecule has 3 N–H and O–H groups in total. The molecule has 1 rings (SSSR count). The fraction of sp³-hybridized carbons (Fsp3) is 0.500. The van der Waals surface area contributed by atoms with E-state index in [1.807, 2.05) is 0 Å². The molecule has 0 aliphatic carbocycles. The number of nitrogen functional groups attached to an aromatic ring is 1. The molecule has 0 unspecified atom stereocenters. The van der Waals surface area contributed by atoms with Crippen molar-refractivity contribution in [2.75, 3.05) is 31.0 Å². The molecule has 6 heteroatoms. The van der Waals surface area contributed by atoms with Gasteiger partial charge in [0.25, 0.3) is 0 Å². The quantitative estimate of drug-likeness (QED) is 0.794. The molecular formula is C12H20N2O3S. The van der Waals surface area contributed by atoms with Gasteiger partial charge in [-0.3, -0.25) is 0 Å². The number of methoxy groups -OCH3 is 1. The topological polar surface area (TPSA) is 81.4 Å². The molecule has 0 aliphatic heterocycles. The molecule has 1 aromatic carbocycles. The molecule has 5 nitrogen and oxygen atoms in total. The summed E-state index contributed by atoms with van der Waals surface area (Å²) in [4.78, 5) is 0. The van der Waals surface area contributed by atoms with E-state index in [9.17, 15) is 8.42 Å². The average molecular weight is 272 g/mol. The van der Waals surface area contributed by atoms with Crippen molar-refractivity contribution in [1.29, 1.82) is 0 Å². The Balaban J connectivity index is 2.82. The average Bonchev–Trinajstić information content (AvgIpc) is 2.25. The van der Waals surface area contributed by atoms with Crippen molar-refractivity contribution < 1.29 is 13.2 Å². The summed E-state index contributed by atoms with van der Waals surface area (Å²) >= 11 is 0. The molecule has 0 fully saturated rings. The maximum atomic E-state index is 11.6. The van der Waals surface area contributed by atoms with Crippen LogP contribution in [0.15, 0.2) is 18.2 Å². The van der Waals surface area contributed by atoms with Crippen LogP contribution in [0.25, 0.3) is 0 Å². The van der Waals surface area contributed by atoms with E-state index in [1.54, 1.807) is 39.2 Å². The molecule has 102 valence electrons. The van der Waals surface area contributed by atoms with Gasteiger partial charge in [0.1, 0.15) is 5.75 Å². The van der Waals surface area contributed by atoms with Gasteiger partial charge >= 0.3 is 0 Å². The Kier molecular flexibility index (Phi) is 4.11. The Bertz CT molecular complexity index is 524. The Morgan fingerprint density at radius 1 is 1.39 bits per heavy atom. The molecule has 0 amide bonds. The van der Waals surface area contributed by atoms with E-state index in [1.165, 1.54) is 6.26 Å². The smallest absolute Gasteiger partial charge is 0.154 e.